The molecule has 0 saturated carbocycles. The van der Waals surface area contributed by atoms with E-state index < -0.39 is 0 Å². The molecular weight excluding hydrogens is 164 g/mol. The fraction of sp³-hybridized carbons (Fsp3) is 1.00. The van der Waals surface area contributed by atoms with Gasteiger partial charge in [-0.1, -0.05) is 6.92 Å². The van der Waals surface area contributed by atoms with Gasteiger partial charge in [-0.25, -0.2) is 0 Å². The Morgan fingerprint density at radius 2 is 1.92 bits per heavy atom. The van der Waals surface area contributed by atoms with Crippen molar-refractivity contribution in [2.75, 3.05) is 39.8 Å². The van der Waals surface area contributed by atoms with E-state index in [1.807, 2.05) is 0 Å². The summed E-state index contributed by atoms with van der Waals surface area (Å²) in [6, 6.07) is 0. The van der Waals surface area contributed by atoms with Crippen LogP contribution in [0.3, 0.4) is 0 Å². The molecule has 0 atom stereocenters. The SMILES string of the molecule is CCCNCCN(C)CCCCO. The Kier molecular flexibility index (Phi) is 9.87. The summed E-state index contributed by atoms with van der Waals surface area (Å²) in [4.78, 5) is 2.30. The second-order valence-corrected chi connectivity index (χ2v) is 3.48. The number of hydrogen-bond acceptors (Lipinski definition) is 3. The van der Waals surface area contributed by atoms with Crippen LogP contribution in [0, 0.1) is 0 Å². The molecule has 0 unspecified atom stereocenters. The number of nitrogens with zero attached hydrogens (tertiary/aromatic N) is 1. The average molecular weight is 188 g/mol. The number of unbranched alkanes of at least 4 members (excludes halogenated alkanes) is 1. The molecule has 0 spiro atoms. The highest BCUT2D eigenvalue weighted by Gasteiger charge is 1.96. The van der Waals surface area contributed by atoms with Crippen LogP contribution in [0.1, 0.15) is 26.2 Å². The number of aliphatic hydroxyl groups is 1. The van der Waals surface area contributed by atoms with Crippen molar-refractivity contribution in [3.05, 3.63) is 0 Å². The number of likely N-dealkylation sites (N-methyl/N-ethyl adjacent to an activating group) is 1. The van der Waals surface area contributed by atoms with E-state index in [0.29, 0.717) is 6.61 Å². The summed E-state index contributed by atoms with van der Waals surface area (Å²) in [5.41, 5.74) is 0. The van der Waals surface area contributed by atoms with Crippen molar-refractivity contribution in [3.63, 3.8) is 0 Å². The molecule has 0 aliphatic carbocycles. The van der Waals surface area contributed by atoms with Gasteiger partial charge in [-0.05, 0) is 39.4 Å². The van der Waals surface area contributed by atoms with Crippen LogP contribution in [-0.4, -0.2) is 49.8 Å². The first-order chi connectivity index (χ1) is 6.31. The molecule has 0 aliphatic rings. The fourth-order valence-corrected chi connectivity index (χ4v) is 1.18. The van der Waals surface area contributed by atoms with Gasteiger partial charge in [0.1, 0.15) is 0 Å². The molecule has 0 aromatic carbocycles. The number of nitrogens with one attached hydrogen (secondary N) is 1. The van der Waals surface area contributed by atoms with Crippen LogP contribution in [0.2, 0.25) is 0 Å². The Morgan fingerprint density at radius 3 is 2.54 bits per heavy atom. The predicted octanol–water partition coefficient (Wildman–Crippen LogP) is 0.690. The molecule has 0 aliphatic heterocycles. The maximum Gasteiger partial charge on any atom is 0.0431 e. The van der Waals surface area contributed by atoms with Gasteiger partial charge < -0.3 is 15.3 Å². The van der Waals surface area contributed by atoms with Gasteiger partial charge in [0.25, 0.3) is 0 Å². The van der Waals surface area contributed by atoms with Gasteiger partial charge in [-0.2, -0.15) is 0 Å². The molecule has 0 heterocycles. The third-order valence-corrected chi connectivity index (χ3v) is 2.05. The molecule has 0 amide bonds. The highest BCUT2D eigenvalue weighted by Crippen LogP contribution is 1.90. The molecule has 0 rings (SSSR count). The van der Waals surface area contributed by atoms with E-state index in [9.17, 15) is 0 Å². The fourth-order valence-electron chi connectivity index (χ4n) is 1.18. The molecule has 0 aromatic heterocycles. The Labute approximate surface area is 82.1 Å². The maximum absolute atomic E-state index is 8.59. The number of aliphatic hydroxyl groups excluding tert-OH is 1. The summed E-state index contributed by atoms with van der Waals surface area (Å²) in [6.45, 7) is 6.88. The van der Waals surface area contributed by atoms with Crippen LogP contribution in [0.5, 0.6) is 0 Å². The van der Waals surface area contributed by atoms with E-state index >= 15 is 0 Å². The van der Waals surface area contributed by atoms with Crippen LogP contribution in [0.25, 0.3) is 0 Å². The lowest BCUT2D eigenvalue weighted by molar-refractivity contribution is 0.263. The maximum atomic E-state index is 8.59. The van der Waals surface area contributed by atoms with Crippen molar-refractivity contribution in [1.82, 2.24) is 10.2 Å². The highest BCUT2D eigenvalue weighted by molar-refractivity contribution is 4.54. The van der Waals surface area contributed by atoms with E-state index in [-0.39, 0.29) is 0 Å². The Morgan fingerprint density at radius 1 is 1.15 bits per heavy atom. The quantitative estimate of drug-likeness (QED) is 0.523. The predicted molar refractivity (Wildman–Crippen MR) is 57.0 cm³/mol. The second-order valence-electron chi connectivity index (χ2n) is 3.48. The summed E-state index contributed by atoms with van der Waals surface area (Å²) < 4.78 is 0. The van der Waals surface area contributed by atoms with Gasteiger partial charge in [-0.3, -0.25) is 0 Å². The largest absolute Gasteiger partial charge is 0.396 e. The standard InChI is InChI=1S/C10H24N2O/c1-3-6-11-7-9-12(2)8-4-5-10-13/h11,13H,3-10H2,1-2H3. The summed E-state index contributed by atoms with van der Waals surface area (Å²) in [5.74, 6) is 0. The molecule has 2 N–H and O–H groups in total. The van der Waals surface area contributed by atoms with Crippen LogP contribution in [0.15, 0.2) is 0 Å². The smallest absolute Gasteiger partial charge is 0.0431 e. The molecule has 80 valence electrons. The van der Waals surface area contributed by atoms with Gasteiger partial charge in [0.15, 0.2) is 0 Å². The van der Waals surface area contributed by atoms with Crippen molar-refractivity contribution in [2.24, 2.45) is 0 Å². The van der Waals surface area contributed by atoms with Crippen molar-refractivity contribution < 1.29 is 5.11 Å². The van der Waals surface area contributed by atoms with Crippen LogP contribution in [-0.2, 0) is 0 Å². The number of rotatable bonds is 9. The number of hydrogen-bond donors (Lipinski definition) is 2. The van der Waals surface area contributed by atoms with E-state index in [0.717, 1.165) is 39.0 Å². The zero-order valence-electron chi connectivity index (χ0n) is 9.05. The van der Waals surface area contributed by atoms with Gasteiger partial charge >= 0.3 is 0 Å². The van der Waals surface area contributed by atoms with Gasteiger partial charge in [0, 0.05) is 19.7 Å². The van der Waals surface area contributed by atoms with Gasteiger partial charge in [-0.15, -0.1) is 0 Å². The minimum Gasteiger partial charge on any atom is -0.396 e. The van der Waals surface area contributed by atoms with E-state index in [1.54, 1.807) is 0 Å². The van der Waals surface area contributed by atoms with Crippen molar-refractivity contribution in [1.29, 1.82) is 0 Å². The first-order valence-corrected chi connectivity index (χ1v) is 5.31. The lowest BCUT2D eigenvalue weighted by atomic mass is 10.3. The molecule has 0 radical (unpaired) electrons. The molecule has 13 heavy (non-hydrogen) atoms. The van der Waals surface area contributed by atoms with E-state index in [1.165, 1.54) is 6.42 Å². The Hall–Kier alpha value is -0.120. The third-order valence-electron chi connectivity index (χ3n) is 2.05. The van der Waals surface area contributed by atoms with Gasteiger partial charge in [0.2, 0.25) is 0 Å². The average Bonchev–Trinajstić information content (AvgIpc) is 2.13. The van der Waals surface area contributed by atoms with Crippen molar-refractivity contribution in [3.8, 4) is 0 Å². The summed E-state index contributed by atoms with van der Waals surface area (Å²) in [6.07, 6.45) is 3.22. The van der Waals surface area contributed by atoms with Crippen molar-refractivity contribution in [2.45, 2.75) is 26.2 Å². The van der Waals surface area contributed by atoms with Crippen LogP contribution >= 0.6 is 0 Å². The Bertz CT molecular complexity index is 98.9. The molecule has 0 aromatic rings. The molecule has 0 fully saturated rings. The minimum atomic E-state index is 0.321. The van der Waals surface area contributed by atoms with Crippen LogP contribution in [0.4, 0.5) is 0 Å². The highest BCUT2D eigenvalue weighted by atomic mass is 16.2. The van der Waals surface area contributed by atoms with Crippen LogP contribution < -0.4 is 5.32 Å². The second kappa shape index (κ2) is 9.96. The Balaban J connectivity index is 3.05. The molecular formula is C10H24N2O. The monoisotopic (exact) mass is 188 g/mol. The lowest BCUT2D eigenvalue weighted by Crippen LogP contribution is -2.30. The minimum absolute atomic E-state index is 0.321. The first-order valence-electron chi connectivity index (χ1n) is 5.31. The zero-order valence-corrected chi connectivity index (χ0v) is 9.05. The summed E-state index contributed by atoms with van der Waals surface area (Å²) in [7, 11) is 2.13. The van der Waals surface area contributed by atoms with E-state index in [4.69, 9.17) is 5.11 Å². The van der Waals surface area contributed by atoms with E-state index in [2.05, 4.69) is 24.2 Å². The molecule has 0 bridgehead atoms. The van der Waals surface area contributed by atoms with Crippen molar-refractivity contribution >= 4 is 0 Å². The van der Waals surface area contributed by atoms with Gasteiger partial charge in [0.05, 0.1) is 0 Å². The molecule has 0 saturated heterocycles. The zero-order chi connectivity index (χ0) is 9.94. The lowest BCUT2D eigenvalue weighted by Gasteiger charge is -2.16. The molecule has 3 heteroatoms. The first kappa shape index (κ1) is 12.9. The summed E-state index contributed by atoms with van der Waals surface area (Å²) in [5, 5.41) is 12.0. The summed E-state index contributed by atoms with van der Waals surface area (Å²) >= 11 is 0. The topological polar surface area (TPSA) is 35.5 Å². The molecule has 3 nitrogen and oxygen atoms in total. The normalized spacial score (nSPS) is 11.1. The third kappa shape index (κ3) is 9.80.